The first-order chi connectivity index (χ1) is 5.53. The van der Waals surface area contributed by atoms with Crippen molar-refractivity contribution < 1.29 is 12.8 Å². The van der Waals surface area contributed by atoms with Crippen molar-refractivity contribution in [2.45, 2.75) is 12.7 Å². The number of anilines is 1. The van der Waals surface area contributed by atoms with Gasteiger partial charge in [0.05, 0.1) is 0 Å². The minimum atomic E-state index is -3.07. The molecule has 5 nitrogen and oxygen atoms in total. The smallest absolute Gasteiger partial charge is 0.211 e. The molecule has 0 amide bonds. The molecule has 2 N–H and O–H groups in total. The number of hydrogen-bond acceptors (Lipinski definition) is 5. The van der Waals surface area contributed by atoms with Crippen molar-refractivity contribution in [1.82, 2.24) is 4.98 Å². The molecule has 1 rings (SSSR count). The summed E-state index contributed by atoms with van der Waals surface area (Å²) in [5, 5.41) is 0. The molecule has 68 valence electrons. The molecule has 0 bridgehead atoms. The SMILES string of the molecule is CCS(=O)(=O)Cc1nc(N)co1. The maximum atomic E-state index is 11.0. The number of aromatic nitrogens is 1. The first kappa shape index (κ1) is 9.05. The van der Waals surface area contributed by atoms with Crippen LogP contribution in [-0.4, -0.2) is 19.2 Å². The van der Waals surface area contributed by atoms with E-state index in [0.717, 1.165) is 0 Å². The van der Waals surface area contributed by atoms with Crippen molar-refractivity contribution in [3.8, 4) is 0 Å². The third kappa shape index (κ3) is 2.23. The zero-order valence-corrected chi connectivity index (χ0v) is 7.47. The van der Waals surface area contributed by atoms with Crippen LogP contribution in [0.2, 0.25) is 0 Å². The van der Waals surface area contributed by atoms with Gasteiger partial charge in [0, 0.05) is 5.75 Å². The Kier molecular flexibility index (Phi) is 2.37. The Bertz CT molecular complexity index is 355. The fraction of sp³-hybridized carbons (Fsp3) is 0.500. The predicted molar refractivity (Wildman–Crippen MR) is 44.1 cm³/mol. The maximum absolute atomic E-state index is 11.0. The number of hydrogen-bond donors (Lipinski definition) is 1. The molecule has 1 aromatic rings. The van der Waals surface area contributed by atoms with E-state index in [1.807, 2.05) is 0 Å². The van der Waals surface area contributed by atoms with E-state index in [0.29, 0.717) is 0 Å². The monoisotopic (exact) mass is 190 g/mol. The molecule has 0 atom stereocenters. The average Bonchev–Trinajstić information content (AvgIpc) is 2.35. The third-order valence-electron chi connectivity index (χ3n) is 1.35. The molecular weight excluding hydrogens is 180 g/mol. The van der Waals surface area contributed by atoms with Crippen LogP contribution in [0.15, 0.2) is 10.7 Å². The molecule has 0 unspecified atom stereocenters. The van der Waals surface area contributed by atoms with Gasteiger partial charge in [0.2, 0.25) is 5.89 Å². The first-order valence-electron chi connectivity index (χ1n) is 3.44. The zero-order chi connectivity index (χ0) is 9.19. The molecule has 0 saturated heterocycles. The van der Waals surface area contributed by atoms with Gasteiger partial charge in [-0.05, 0) is 0 Å². The lowest BCUT2D eigenvalue weighted by molar-refractivity contribution is 0.508. The van der Waals surface area contributed by atoms with Gasteiger partial charge in [-0.3, -0.25) is 0 Å². The van der Waals surface area contributed by atoms with Crippen molar-refractivity contribution in [2.24, 2.45) is 0 Å². The summed E-state index contributed by atoms with van der Waals surface area (Å²) in [6.07, 6.45) is 1.22. The lowest BCUT2D eigenvalue weighted by Crippen LogP contribution is -2.06. The average molecular weight is 190 g/mol. The second kappa shape index (κ2) is 3.14. The van der Waals surface area contributed by atoms with E-state index in [1.165, 1.54) is 6.26 Å². The Hall–Kier alpha value is -1.04. The highest BCUT2D eigenvalue weighted by Crippen LogP contribution is 2.07. The molecule has 0 aromatic carbocycles. The molecule has 0 aliphatic rings. The quantitative estimate of drug-likeness (QED) is 0.735. The highest BCUT2D eigenvalue weighted by Gasteiger charge is 2.12. The molecule has 0 fully saturated rings. The molecule has 0 spiro atoms. The number of nitrogens with zero attached hydrogens (tertiary/aromatic N) is 1. The van der Waals surface area contributed by atoms with E-state index in [1.54, 1.807) is 6.92 Å². The number of nitrogens with two attached hydrogens (primary N) is 1. The standard InChI is InChI=1S/C6H10N2O3S/c1-2-12(9,10)4-6-8-5(7)3-11-6/h3H,2,4,7H2,1H3. The molecule has 0 saturated carbocycles. The summed E-state index contributed by atoms with van der Waals surface area (Å²) >= 11 is 0. The van der Waals surface area contributed by atoms with Crippen LogP contribution in [0.3, 0.4) is 0 Å². The molecular formula is C6H10N2O3S. The molecule has 6 heteroatoms. The molecule has 0 radical (unpaired) electrons. The summed E-state index contributed by atoms with van der Waals surface area (Å²) in [5.41, 5.74) is 5.24. The van der Waals surface area contributed by atoms with Gasteiger partial charge in [0.1, 0.15) is 12.0 Å². The normalized spacial score (nSPS) is 11.8. The second-order valence-electron chi connectivity index (χ2n) is 2.34. The van der Waals surface area contributed by atoms with Crippen molar-refractivity contribution in [3.05, 3.63) is 12.2 Å². The van der Waals surface area contributed by atoms with Gasteiger partial charge in [-0.25, -0.2) is 8.42 Å². The van der Waals surface area contributed by atoms with Crippen LogP contribution in [0, 0.1) is 0 Å². The van der Waals surface area contributed by atoms with Crippen LogP contribution in [0.5, 0.6) is 0 Å². The Labute approximate surface area is 70.5 Å². The first-order valence-corrected chi connectivity index (χ1v) is 5.26. The minimum absolute atomic E-state index is 0.0787. The summed E-state index contributed by atoms with van der Waals surface area (Å²) in [6, 6.07) is 0. The summed E-state index contributed by atoms with van der Waals surface area (Å²) < 4.78 is 26.9. The number of oxazole rings is 1. The Morgan fingerprint density at radius 2 is 2.33 bits per heavy atom. The predicted octanol–water partition coefficient (Wildman–Crippen LogP) is 0.192. The zero-order valence-electron chi connectivity index (χ0n) is 6.65. The molecule has 0 aliphatic heterocycles. The topological polar surface area (TPSA) is 86.2 Å². The lowest BCUT2D eigenvalue weighted by atomic mass is 10.8. The van der Waals surface area contributed by atoms with Crippen LogP contribution < -0.4 is 5.73 Å². The Morgan fingerprint density at radius 1 is 1.67 bits per heavy atom. The van der Waals surface area contributed by atoms with Crippen LogP contribution in [0.25, 0.3) is 0 Å². The van der Waals surface area contributed by atoms with Gasteiger partial charge >= 0.3 is 0 Å². The summed E-state index contributed by atoms with van der Waals surface area (Å²) in [5.74, 6) is 0.251. The van der Waals surface area contributed by atoms with Crippen LogP contribution in [-0.2, 0) is 15.6 Å². The third-order valence-corrected chi connectivity index (χ3v) is 2.92. The molecule has 1 aromatic heterocycles. The van der Waals surface area contributed by atoms with Crippen molar-refractivity contribution >= 4 is 15.7 Å². The summed E-state index contributed by atoms with van der Waals surface area (Å²) in [4.78, 5) is 3.68. The second-order valence-corrected chi connectivity index (χ2v) is 4.70. The van der Waals surface area contributed by atoms with Gasteiger partial charge in [0.15, 0.2) is 15.7 Å². The lowest BCUT2D eigenvalue weighted by Gasteiger charge is -1.94. The highest BCUT2D eigenvalue weighted by atomic mass is 32.2. The number of rotatable bonds is 3. The van der Waals surface area contributed by atoms with Crippen LogP contribution >= 0.6 is 0 Å². The Morgan fingerprint density at radius 3 is 2.75 bits per heavy atom. The van der Waals surface area contributed by atoms with Gasteiger partial charge in [-0.1, -0.05) is 6.92 Å². The van der Waals surface area contributed by atoms with Gasteiger partial charge in [-0.2, -0.15) is 4.98 Å². The summed E-state index contributed by atoms with van der Waals surface area (Å²) in [6.45, 7) is 1.57. The van der Waals surface area contributed by atoms with E-state index >= 15 is 0 Å². The number of sulfone groups is 1. The van der Waals surface area contributed by atoms with Gasteiger partial charge in [-0.15, -0.1) is 0 Å². The van der Waals surface area contributed by atoms with Crippen LogP contribution in [0.4, 0.5) is 5.82 Å². The van der Waals surface area contributed by atoms with E-state index in [4.69, 9.17) is 10.2 Å². The fourth-order valence-electron chi connectivity index (χ4n) is 0.682. The van der Waals surface area contributed by atoms with Crippen molar-refractivity contribution in [1.29, 1.82) is 0 Å². The van der Waals surface area contributed by atoms with Gasteiger partial charge in [0.25, 0.3) is 0 Å². The van der Waals surface area contributed by atoms with E-state index in [2.05, 4.69) is 4.98 Å². The van der Waals surface area contributed by atoms with E-state index in [-0.39, 0.29) is 23.2 Å². The van der Waals surface area contributed by atoms with E-state index in [9.17, 15) is 8.42 Å². The molecule has 1 heterocycles. The maximum Gasteiger partial charge on any atom is 0.211 e. The minimum Gasteiger partial charge on any atom is -0.446 e. The Balaban J connectivity index is 2.77. The van der Waals surface area contributed by atoms with Crippen molar-refractivity contribution in [3.63, 3.8) is 0 Å². The number of nitrogen functional groups attached to an aromatic ring is 1. The van der Waals surface area contributed by atoms with E-state index < -0.39 is 9.84 Å². The summed E-state index contributed by atoms with van der Waals surface area (Å²) in [7, 11) is -3.07. The molecule has 0 aliphatic carbocycles. The highest BCUT2D eigenvalue weighted by molar-refractivity contribution is 7.90. The largest absolute Gasteiger partial charge is 0.446 e. The van der Waals surface area contributed by atoms with Crippen molar-refractivity contribution in [2.75, 3.05) is 11.5 Å². The van der Waals surface area contributed by atoms with Gasteiger partial charge < -0.3 is 10.2 Å². The van der Waals surface area contributed by atoms with Crippen LogP contribution in [0.1, 0.15) is 12.8 Å². The molecule has 12 heavy (non-hydrogen) atoms. The fourth-order valence-corrected chi connectivity index (χ4v) is 1.39.